The van der Waals surface area contributed by atoms with Crippen molar-refractivity contribution in [3.05, 3.63) is 0 Å². The second-order valence-electron chi connectivity index (χ2n) is 3.35. The van der Waals surface area contributed by atoms with Crippen LogP contribution in [0.5, 0.6) is 0 Å². The highest BCUT2D eigenvalue weighted by Gasteiger charge is 2.61. The predicted octanol–water partition coefficient (Wildman–Crippen LogP) is 1.96. The average molecular weight is 184 g/mol. The van der Waals surface area contributed by atoms with Crippen molar-refractivity contribution in [2.24, 2.45) is 0 Å². The van der Waals surface area contributed by atoms with Crippen LogP contribution in [0.4, 0.5) is 8.78 Å². The van der Waals surface area contributed by atoms with Crippen molar-refractivity contribution < 1.29 is 8.78 Å². The van der Waals surface area contributed by atoms with Crippen LogP contribution < -0.4 is 5.32 Å². The van der Waals surface area contributed by atoms with Gasteiger partial charge in [-0.1, -0.05) is 12.8 Å². The lowest BCUT2D eigenvalue weighted by molar-refractivity contribution is -0.152. The van der Waals surface area contributed by atoms with Gasteiger partial charge in [0.25, 0.3) is 5.92 Å². The van der Waals surface area contributed by atoms with Gasteiger partial charge in [0.05, 0.1) is 12.1 Å². The van der Waals surface area contributed by atoms with Crippen molar-refractivity contribution in [2.75, 3.05) is 6.54 Å². The summed E-state index contributed by atoms with van der Waals surface area (Å²) < 4.78 is 25.7. The normalized spacial score (nSPS) is 31.1. The van der Waals surface area contributed by atoms with Crippen LogP contribution in [0.3, 0.4) is 0 Å². The first-order valence-corrected chi connectivity index (χ1v) is 3.79. The van der Waals surface area contributed by atoms with Crippen LogP contribution in [-0.4, -0.2) is 18.0 Å². The first-order valence-electron chi connectivity index (χ1n) is 3.79. The standard InChI is InChI=1S/C7H11F2N.ClH/c8-7(9)5-10-6(7)3-1-2-4-6;/h10H,1-5H2;1H. The number of rotatable bonds is 0. The average Bonchev–Trinajstić information content (AvgIpc) is 2.34. The van der Waals surface area contributed by atoms with Gasteiger partial charge in [-0.05, 0) is 12.8 Å². The highest BCUT2D eigenvalue weighted by atomic mass is 35.5. The molecule has 1 heterocycles. The molecule has 0 aromatic heterocycles. The molecule has 2 aliphatic rings. The molecule has 0 radical (unpaired) electrons. The third-order valence-corrected chi connectivity index (χ3v) is 2.81. The zero-order valence-electron chi connectivity index (χ0n) is 6.20. The molecular formula is C7H12ClF2N. The zero-order valence-corrected chi connectivity index (χ0v) is 7.02. The summed E-state index contributed by atoms with van der Waals surface area (Å²) in [5.74, 6) is -2.41. The van der Waals surface area contributed by atoms with E-state index in [2.05, 4.69) is 5.32 Å². The van der Waals surface area contributed by atoms with Crippen LogP contribution in [0.2, 0.25) is 0 Å². The van der Waals surface area contributed by atoms with Crippen LogP contribution in [0.25, 0.3) is 0 Å². The number of nitrogens with one attached hydrogen (secondary N) is 1. The number of hydrogen-bond acceptors (Lipinski definition) is 1. The Morgan fingerprint density at radius 3 is 1.82 bits per heavy atom. The molecule has 1 saturated heterocycles. The molecule has 1 saturated carbocycles. The van der Waals surface area contributed by atoms with Gasteiger partial charge in [0.1, 0.15) is 0 Å². The summed E-state index contributed by atoms with van der Waals surface area (Å²) in [6, 6.07) is 0. The van der Waals surface area contributed by atoms with Crippen LogP contribution in [0.15, 0.2) is 0 Å². The number of hydrogen-bond donors (Lipinski definition) is 1. The first kappa shape index (κ1) is 9.20. The molecule has 1 nitrogen and oxygen atoms in total. The molecule has 2 fully saturated rings. The highest BCUT2D eigenvalue weighted by Crippen LogP contribution is 2.47. The lowest BCUT2D eigenvalue weighted by Gasteiger charge is -2.47. The fraction of sp³-hybridized carbons (Fsp3) is 1.00. The van der Waals surface area contributed by atoms with Gasteiger partial charge in [0, 0.05) is 0 Å². The Balaban J connectivity index is 0.000000605. The van der Waals surface area contributed by atoms with Gasteiger partial charge in [-0.25, -0.2) is 8.78 Å². The van der Waals surface area contributed by atoms with Crippen molar-refractivity contribution in [1.82, 2.24) is 5.32 Å². The van der Waals surface area contributed by atoms with Crippen molar-refractivity contribution >= 4 is 12.4 Å². The zero-order chi connectivity index (χ0) is 7.24. The van der Waals surface area contributed by atoms with Gasteiger partial charge in [0.15, 0.2) is 0 Å². The van der Waals surface area contributed by atoms with Gasteiger partial charge in [0.2, 0.25) is 0 Å². The minimum Gasteiger partial charge on any atom is -0.300 e. The quantitative estimate of drug-likeness (QED) is 0.606. The predicted molar refractivity (Wildman–Crippen MR) is 41.4 cm³/mol. The van der Waals surface area contributed by atoms with Gasteiger partial charge in [-0.15, -0.1) is 12.4 Å². The molecule has 0 atom stereocenters. The van der Waals surface area contributed by atoms with E-state index in [1.807, 2.05) is 0 Å². The fourth-order valence-electron chi connectivity index (χ4n) is 1.99. The topological polar surface area (TPSA) is 12.0 Å². The van der Waals surface area contributed by atoms with Crippen molar-refractivity contribution in [3.63, 3.8) is 0 Å². The van der Waals surface area contributed by atoms with Crippen LogP contribution in [0.1, 0.15) is 25.7 Å². The maximum absolute atomic E-state index is 12.8. The second-order valence-corrected chi connectivity index (χ2v) is 3.35. The van der Waals surface area contributed by atoms with E-state index in [4.69, 9.17) is 0 Å². The summed E-state index contributed by atoms with van der Waals surface area (Å²) in [7, 11) is 0. The Morgan fingerprint density at radius 2 is 1.64 bits per heavy atom. The summed E-state index contributed by atoms with van der Waals surface area (Å²) in [6.45, 7) is -0.104. The van der Waals surface area contributed by atoms with E-state index in [9.17, 15) is 8.78 Å². The first-order chi connectivity index (χ1) is 4.66. The van der Waals surface area contributed by atoms with Gasteiger partial charge < -0.3 is 5.32 Å². The summed E-state index contributed by atoms with van der Waals surface area (Å²) in [4.78, 5) is 0. The molecule has 0 aromatic carbocycles. The van der Waals surface area contributed by atoms with E-state index in [0.717, 1.165) is 12.8 Å². The molecule has 0 unspecified atom stereocenters. The minimum atomic E-state index is -2.41. The lowest BCUT2D eigenvalue weighted by Crippen LogP contribution is -2.72. The molecule has 0 aromatic rings. The Bertz CT molecular complexity index is 155. The van der Waals surface area contributed by atoms with E-state index in [1.54, 1.807) is 0 Å². The summed E-state index contributed by atoms with van der Waals surface area (Å²) in [5, 5.41) is 2.86. The summed E-state index contributed by atoms with van der Waals surface area (Å²) in [5.41, 5.74) is -0.771. The molecule has 1 spiro atoms. The Morgan fingerprint density at radius 1 is 1.09 bits per heavy atom. The van der Waals surface area contributed by atoms with E-state index in [0.29, 0.717) is 12.8 Å². The van der Waals surface area contributed by atoms with E-state index >= 15 is 0 Å². The largest absolute Gasteiger partial charge is 0.300 e. The third kappa shape index (κ3) is 1.05. The maximum Gasteiger partial charge on any atom is 0.278 e. The molecule has 4 heteroatoms. The Labute approximate surface area is 71.0 Å². The molecule has 0 amide bonds. The Hall–Kier alpha value is 0.110. The molecule has 2 rings (SSSR count). The lowest BCUT2D eigenvalue weighted by atomic mass is 9.82. The number of alkyl halides is 2. The van der Waals surface area contributed by atoms with Gasteiger partial charge in [-0.3, -0.25) is 0 Å². The van der Waals surface area contributed by atoms with Crippen molar-refractivity contribution in [2.45, 2.75) is 37.1 Å². The molecule has 0 bridgehead atoms. The van der Waals surface area contributed by atoms with Gasteiger partial charge in [-0.2, -0.15) is 0 Å². The van der Waals surface area contributed by atoms with Crippen molar-refractivity contribution in [1.29, 1.82) is 0 Å². The van der Waals surface area contributed by atoms with E-state index in [1.165, 1.54) is 0 Å². The summed E-state index contributed by atoms with van der Waals surface area (Å²) >= 11 is 0. The van der Waals surface area contributed by atoms with E-state index in [-0.39, 0.29) is 19.0 Å². The van der Waals surface area contributed by atoms with E-state index < -0.39 is 11.5 Å². The highest BCUT2D eigenvalue weighted by molar-refractivity contribution is 5.85. The van der Waals surface area contributed by atoms with Gasteiger partial charge >= 0.3 is 0 Å². The van der Waals surface area contributed by atoms with Crippen LogP contribution in [0, 0.1) is 0 Å². The maximum atomic E-state index is 12.8. The molecule has 1 aliphatic carbocycles. The summed E-state index contributed by atoms with van der Waals surface area (Å²) in [6.07, 6.45) is 3.26. The molecular weight excluding hydrogens is 172 g/mol. The van der Waals surface area contributed by atoms with Crippen molar-refractivity contribution in [3.8, 4) is 0 Å². The molecule has 1 N–H and O–H groups in total. The van der Waals surface area contributed by atoms with Crippen LogP contribution in [-0.2, 0) is 0 Å². The fourth-order valence-corrected chi connectivity index (χ4v) is 1.99. The minimum absolute atomic E-state index is 0. The SMILES string of the molecule is Cl.FC1(F)CNC12CCCC2. The molecule has 11 heavy (non-hydrogen) atoms. The smallest absolute Gasteiger partial charge is 0.278 e. The second kappa shape index (κ2) is 2.56. The van der Waals surface area contributed by atoms with Crippen LogP contribution >= 0.6 is 12.4 Å². The third-order valence-electron chi connectivity index (χ3n) is 2.81. The molecule has 1 aliphatic heterocycles. The number of halogens is 3. The monoisotopic (exact) mass is 183 g/mol. The Kier molecular flexibility index (Phi) is 2.14. The molecule has 66 valence electrons.